The van der Waals surface area contributed by atoms with Gasteiger partial charge in [0.15, 0.2) is 6.29 Å². The molecule has 2 fully saturated rings. The Morgan fingerprint density at radius 3 is 2.63 bits per heavy atom. The third-order valence-corrected chi connectivity index (χ3v) is 4.13. The van der Waals surface area contributed by atoms with Gasteiger partial charge in [-0.05, 0) is 31.1 Å². The standard InChI is InChI=1S/C14H25O5/c1-8-3-4-11(9(2)5-8)18-13-6-10(16)14(17)12(7-15)19-13/h4,8-17H,3,5-7H2,1-2H3/t8-,9+,10+,11-,12+,13-,14+/m1/s1. The van der Waals surface area contributed by atoms with Crippen LogP contribution in [0, 0.1) is 18.3 Å². The third-order valence-electron chi connectivity index (χ3n) is 4.13. The quantitative estimate of drug-likeness (QED) is 0.696. The van der Waals surface area contributed by atoms with E-state index in [4.69, 9.17) is 14.6 Å². The molecule has 1 saturated heterocycles. The van der Waals surface area contributed by atoms with Crippen LogP contribution in [0.25, 0.3) is 0 Å². The maximum Gasteiger partial charge on any atom is 0.161 e. The second-order valence-corrected chi connectivity index (χ2v) is 5.97. The minimum Gasteiger partial charge on any atom is -0.394 e. The average molecular weight is 273 g/mol. The maximum atomic E-state index is 9.76. The van der Waals surface area contributed by atoms with E-state index in [1.165, 1.54) is 0 Å². The van der Waals surface area contributed by atoms with Crippen molar-refractivity contribution >= 4 is 0 Å². The Balaban J connectivity index is 1.88. The first kappa shape index (κ1) is 15.2. The highest BCUT2D eigenvalue weighted by Gasteiger charge is 2.39. The molecule has 0 spiro atoms. The highest BCUT2D eigenvalue weighted by molar-refractivity contribution is 4.91. The van der Waals surface area contributed by atoms with Crippen LogP contribution in [0.15, 0.2) is 0 Å². The van der Waals surface area contributed by atoms with Crippen LogP contribution in [-0.4, -0.2) is 52.6 Å². The SMILES string of the molecule is C[C@@H]1C[CH][C@@H](O[C@H]2C[C@H](O)[C@H](O)[C@H](CO)O2)[C@@H](C)C1. The first-order chi connectivity index (χ1) is 9.01. The Kier molecular flexibility index (Phi) is 5.20. The van der Waals surface area contributed by atoms with Crippen LogP contribution in [0.2, 0.25) is 0 Å². The molecule has 0 unspecified atom stereocenters. The Morgan fingerprint density at radius 1 is 1.26 bits per heavy atom. The van der Waals surface area contributed by atoms with Crippen LogP contribution in [0.4, 0.5) is 0 Å². The van der Waals surface area contributed by atoms with Gasteiger partial charge in [0.1, 0.15) is 12.2 Å². The van der Waals surface area contributed by atoms with Gasteiger partial charge in [0, 0.05) is 6.42 Å². The second kappa shape index (κ2) is 6.50. The second-order valence-electron chi connectivity index (χ2n) is 5.97. The lowest BCUT2D eigenvalue weighted by Crippen LogP contribution is -2.51. The molecule has 0 bridgehead atoms. The first-order valence-electron chi connectivity index (χ1n) is 7.12. The van der Waals surface area contributed by atoms with Crippen LogP contribution in [0.3, 0.4) is 0 Å². The summed E-state index contributed by atoms with van der Waals surface area (Å²) < 4.78 is 11.4. The molecule has 0 aromatic rings. The van der Waals surface area contributed by atoms with Gasteiger partial charge >= 0.3 is 0 Å². The van der Waals surface area contributed by atoms with E-state index < -0.39 is 24.6 Å². The summed E-state index contributed by atoms with van der Waals surface area (Å²) >= 11 is 0. The van der Waals surface area contributed by atoms with E-state index in [0.717, 1.165) is 12.8 Å². The molecule has 1 radical (unpaired) electrons. The molecule has 1 saturated carbocycles. The van der Waals surface area contributed by atoms with Crippen molar-refractivity contribution in [2.75, 3.05) is 6.61 Å². The Morgan fingerprint density at radius 2 is 2.00 bits per heavy atom. The Hall–Kier alpha value is -0.200. The van der Waals surface area contributed by atoms with E-state index in [2.05, 4.69) is 20.3 Å². The maximum absolute atomic E-state index is 9.76. The molecule has 3 N–H and O–H groups in total. The van der Waals surface area contributed by atoms with Gasteiger partial charge in [-0.15, -0.1) is 0 Å². The van der Waals surface area contributed by atoms with E-state index in [-0.39, 0.29) is 19.1 Å². The number of aliphatic hydroxyl groups excluding tert-OH is 3. The van der Waals surface area contributed by atoms with Gasteiger partial charge in [0.05, 0.1) is 18.8 Å². The summed E-state index contributed by atoms with van der Waals surface area (Å²) in [5.41, 5.74) is 0. The van der Waals surface area contributed by atoms with E-state index in [1.54, 1.807) is 0 Å². The highest BCUT2D eigenvalue weighted by Crippen LogP contribution is 2.32. The molecule has 0 aromatic heterocycles. The van der Waals surface area contributed by atoms with Crippen molar-refractivity contribution in [3.63, 3.8) is 0 Å². The summed E-state index contributed by atoms with van der Waals surface area (Å²) in [7, 11) is 0. The molecule has 7 atom stereocenters. The van der Waals surface area contributed by atoms with Crippen molar-refractivity contribution in [2.24, 2.45) is 11.8 Å². The summed E-state index contributed by atoms with van der Waals surface area (Å²) in [5, 5.41) is 28.5. The Labute approximate surface area is 114 Å². The molecule has 0 aromatic carbocycles. The molecule has 1 aliphatic heterocycles. The average Bonchev–Trinajstić information content (AvgIpc) is 2.37. The van der Waals surface area contributed by atoms with Gasteiger partial charge in [-0.1, -0.05) is 13.8 Å². The number of hydrogen-bond donors (Lipinski definition) is 3. The van der Waals surface area contributed by atoms with Crippen LogP contribution in [0.1, 0.15) is 33.1 Å². The fraction of sp³-hybridized carbons (Fsp3) is 0.929. The van der Waals surface area contributed by atoms with Crippen LogP contribution >= 0.6 is 0 Å². The predicted molar refractivity (Wildman–Crippen MR) is 69.1 cm³/mol. The van der Waals surface area contributed by atoms with E-state index in [9.17, 15) is 10.2 Å². The summed E-state index contributed by atoms with van der Waals surface area (Å²) in [6.45, 7) is 4.05. The molecular weight excluding hydrogens is 248 g/mol. The topological polar surface area (TPSA) is 79.2 Å². The van der Waals surface area contributed by atoms with Gasteiger partial charge in [0.2, 0.25) is 0 Å². The number of aliphatic hydroxyl groups is 3. The molecule has 5 heteroatoms. The van der Waals surface area contributed by atoms with Crippen molar-refractivity contribution < 1.29 is 24.8 Å². The van der Waals surface area contributed by atoms with Gasteiger partial charge < -0.3 is 24.8 Å². The lowest BCUT2D eigenvalue weighted by Gasteiger charge is -2.40. The molecule has 2 rings (SSSR count). The van der Waals surface area contributed by atoms with Gasteiger partial charge in [-0.2, -0.15) is 0 Å². The van der Waals surface area contributed by atoms with Gasteiger partial charge in [0.25, 0.3) is 0 Å². The monoisotopic (exact) mass is 273 g/mol. The molecule has 111 valence electrons. The summed E-state index contributed by atoms with van der Waals surface area (Å²) in [4.78, 5) is 0. The van der Waals surface area contributed by atoms with Crippen LogP contribution < -0.4 is 0 Å². The smallest absolute Gasteiger partial charge is 0.161 e. The zero-order chi connectivity index (χ0) is 14.0. The fourth-order valence-corrected chi connectivity index (χ4v) is 2.98. The lowest BCUT2D eigenvalue weighted by molar-refractivity contribution is -0.271. The zero-order valence-corrected chi connectivity index (χ0v) is 11.6. The minimum atomic E-state index is -1.04. The highest BCUT2D eigenvalue weighted by atomic mass is 16.7. The number of hydrogen-bond acceptors (Lipinski definition) is 5. The van der Waals surface area contributed by atoms with Gasteiger partial charge in [-0.25, -0.2) is 0 Å². The van der Waals surface area contributed by atoms with Crippen molar-refractivity contribution in [1.82, 2.24) is 0 Å². The first-order valence-corrected chi connectivity index (χ1v) is 7.12. The summed E-state index contributed by atoms with van der Waals surface area (Å²) in [6, 6.07) is 0. The van der Waals surface area contributed by atoms with E-state index in [1.807, 2.05) is 0 Å². The molecule has 1 aliphatic carbocycles. The Bertz CT molecular complexity index is 285. The minimum absolute atomic E-state index is 0.0167. The van der Waals surface area contributed by atoms with Gasteiger partial charge in [-0.3, -0.25) is 0 Å². The third kappa shape index (κ3) is 3.67. The van der Waals surface area contributed by atoms with Crippen molar-refractivity contribution in [3.8, 4) is 0 Å². The molecule has 2 aliphatic rings. The summed E-state index contributed by atoms with van der Waals surface area (Å²) in [5.74, 6) is 1.10. The predicted octanol–water partition coefficient (Wildman–Crippen LogP) is 0.471. The van der Waals surface area contributed by atoms with E-state index in [0.29, 0.717) is 11.8 Å². The van der Waals surface area contributed by atoms with Crippen molar-refractivity contribution in [2.45, 2.75) is 63.8 Å². The van der Waals surface area contributed by atoms with Crippen LogP contribution in [0.5, 0.6) is 0 Å². The summed E-state index contributed by atoms with van der Waals surface area (Å²) in [6.07, 6.45) is 1.27. The number of rotatable bonds is 3. The molecule has 19 heavy (non-hydrogen) atoms. The zero-order valence-electron chi connectivity index (χ0n) is 11.6. The largest absolute Gasteiger partial charge is 0.394 e. The molecular formula is C14H25O5. The molecule has 5 nitrogen and oxygen atoms in total. The fourth-order valence-electron chi connectivity index (χ4n) is 2.98. The normalized spacial score (nSPS) is 48.2. The lowest BCUT2D eigenvalue weighted by atomic mass is 9.81. The number of ether oxygens (including phenoxy) is 2. The van der Waals surface area contributed by atoms with Crippen LogP contribution in [-0.2, 0) is 9.47 Å². The molecule has 1 heterocycles. The van der Waals surface area contributed by atoms with Crippen molar-refractivity contribution in [3.05, 3.63) is 6.42 Å². The van der Waals surface area contributed by atoms with Crippen molar-refractivity contribution in [1.29, 1.82) is 0 Å². The van der Waals surface area contributed by atoms with E-state index >= 15 is 0 Å². The molecule has 0 amide bonds.